The molecule has 0 saturated carbocycles. The lowest BCUT2D eigenvalue weighted by Crippen LogP contribution is -2.57. The van der Waals surface area contributed by atoms with Gasteiger partial charge in [-0.3, -0.25) is 9.69 Å². The highest BCUT2D eigenvalue weighted by molar-refractivity contribution is 5.91. The van der Waals surface area contributed by atoms with Gasteiger partial charge >= 0.3 is 0 Å². The number of imidazole rings is 1. The maximum atomic E-state index is 14.7. The van der Waals surface area contributed by atoms with Crippen LogP contribution in [0.1, 0.15) is 5.56 Å². The number of likely N-dealkylation sites (tertiary alicyclic amines) is 1. The van der Waals surface area contributed by atoms with Crippen molar-refractivity contribution in [1.29, 1.82) is 0 Å². The smallest absolute Gasteiger partial charge is 0.246 e. The number of halogens is 1. The molecule has 3 aliphatic heterocycles. The van der Waals surface area contributed by atoms with Crippen molar-refractivity contribution in [1.82, 2.24) is 34.1 Å². The third kappa shape index (κ3) is 5.21. The van der Waals surface area contributed by atoms with E-state index in [1.54, 1.807) is 11.1 Å². The van der Waals surface area contributed by atoms with Gasteiger partial charge in [0.25, 0.3) is 0 Å². The van der Waals surface area contributed by atoms with Crippen molar-refractivity contribution in [3.8, 4) is 17.2 Å². The number of aromatic nitrogens is 5. The third-order valence-corrected chi connectivity index (χ3v) is 8.68. The molecule has 46 heavy (non-hydrogen) atoms. The van der Waals surface area contributed by atoms with Gasteiger partial charge in [0.1, 0.15) is 35.6 Å². The second kappa shape index (κ2) is 10.9. The van der Waals surface area contributed by atoms with E-state index in [0.29, 0.717) is 73.5 Å². The molecule has 234 valence electrons. The summed E-state index contributed by atoms with van der Waals surface area (Å²) in [5, 5.41) is 3.40. The summed E-state index contributed by atoms with van der Waals surface area (Å²) in [6, 6.07) is 11.3. The normalized spacial score (nSPS) is 19.1. The molecule has 0 radical (unpaired) electrons. The van der Waals surface area contributed by atoms with Crippen LogP contribution in [0.2, 0.25) is 0 Å². The lowest BCUT2D eigenvalue weighted by molar-refractivity contribution is -0.129. The third-order valence-electron chi connectivity index (χ3n) is 8.68. The van der Waals surface area contributed by atoms with Gasteiger partial charge in [-0.1, -0.05) is 0 Å². The molecule has 1 atom stereocenters. The molecule has 2 fully saturated rings. The predicted molar refractivity (Wildman–Crippen MR) is 171 cm³/mol. The summed E-state index contributed by atoms with van der Waals surface area (Å²) >= 11 is 0. The average Bonchev–Trinajstić information content (AvgIpc) is 3.46. The van der Waals surface area contributed by atoms with E-state index in [2.05, 4.69) is 25.2 Å². The largest absolute Gasteiger partial charge is 0.487 e. The molecule has 1 amide bonds. The Balaban J connectivity index is 1.00. The number of carbonyl (C=O) groups is 1. The molecule has 8 rings (SSSR count). The van der Waals surface area contributed by atoms with Crippen LogP contribution in [0.25, 0.3) is 16.7 Å². The molecule has 7 heterocycles. The Hall–Kier alpha value is -5.30. The highest BCUT2D eigenvalue weighted by Gasteiger charge is 2.40. The van der Waals surface area contributed by atoms with E-state index >= 15 is 0 Å². The van der Waals surface area contributed by atoms with Crippen molar-refractivity contribution < 1.29 is 18.7 Å². The Morgan fingerprint density at radius 3 is 2.87 bits per heavy atom. The molecule has 0 spiro atoms. The van der Waals surface area contributed by atoms with Crippen molar-refractivity contribution in [3.63, 3.8) is 0 Å². The summed E-state index contributed by atoms with van der Waals surface area (Å²) in [5.74, 6) is 3.09. The van der Waals surface area contributed by atoms with Crippen LogP contribution in [0.5, 0.6) is 17.2 Å². The number of aryl methyl sites for hydroxylation is 1. The number of hydrogen-bond donors (Lipinski definition) is 1. The van der Waals surface area contributed by atoms with Gasteiger partial charge < -0.3 is 29.0 Å². The summed E-state index contributed by atoms with van der Waals surface area (Å²) in [4.78, 5) is 37.1. The second-order valence-electron chi connectivity index (χ2n) is 12.1. The number of fused-ring (bicyclic) bond motifs is 6. The van der Waals surface area contributed by atoms with Gasteiger partial charge in [0.2, 0.25) is 5.91 Å². The molecule has 12 nitrogen and oxygen atoms in total. The van der Waals surface area contributed by atoms with E-state index in [0.717, 1.165) is 22.6 Å². The minimum Gasteiger partial charge on any atom is -0.487 e. The zero-order valence-electron chi connectivity index (χ0n) is 25.4. The molecular formula is C33H32FN9O3. The zero-order valence-corrected chi connectivity index (χ0v) is 25.4. The van der Waals surface area contributed by atoms with E-state index in [1.807, 2.05) is 72.1 Å². The summed E-state index contributed by atoms with van der Waals surface area (Å²) in [6.07, 6.45) is 9.82. The van der Waals surface area contributed by atoms with Crippen molar-refractivity contribution in [2.75, 3.05) is 56.6 Å². The van der Waals surface area contributed by atoms with Gasteiger partial charge in [0, 0.05) is 75.2 Å². The number of piperazine rings is 1. The maximum Gasteiger partial charge on any atom is 0.246 e. The number of rotatable bonds is 6. The summed E-state index contributed by atoms with van der Waals surface area (Å²) in [6.45, 7) is 4.50. The number of alkyl halides is 1. The topological polar surface area (TPSA) is 113 Å². The van der Waals surface area contributed by atoms with Crippen LogP contribution in [0.3, 0.4) is 0 Å². The van der Waals surface area contributed by atoms with Gasteiger partial charge in [-0.05, 0) is 49.9 Å². The number of benzene rings is 1. The lowest BCUT2D eigenvalue weighted by atomic mass is 9.96. The SMILES string of the molecule is Cc1cc(Nc2ncnc3cc4c(nc23)N2CCN(C(=O)/C=C/C3(F)CN(C)C3)C(CO4)C2)ccc1Oc1ccn2ccnc2c1. The highest BCUT2D eigenvalue weighted by Crippen LogP contribution is 2.36. The van der Waals surface area contributed by atoms with E-state index in [9.17, 15) is 9.18 Å². The second-order valence-corrected chi connectivity index (χ2v) is 12.1. The van der Waals surface area contributed by atoms with Crippen LogP contribution in [-0.4, -0.2) is 98.1 Å². The van der Waals surface area contributed by atoms with E-state index in [1.165, 1.54) is 18.5 Å². The number of anilines is 3. The molecular weight excluding hydrogens is 589 g/mol. The molecule has 1 unspecified atom stereocenters. The molecule has 2 bridgehead atoms. The highest BCUT2D eigenvalue weighted by atomic mass is 19.1. The van der Waals surface area contributed by atoms with Gasteiger partial charge in [-0.15, -0.1) is 0 Å². The molecule has 5 aromatic rings. The minimum atomic E-state index is -1.44. The fraction of sp³-hybridized carbons (Fsp3) is 0.303. The average molecular weight is 622 g/mol. The fourth-order valence-electron chi connectivity index (χ4n) is 6.38. The fourth-order valence-corrected chi connectivity index (χ4v) is 6.38. The van der Waals surface area contributed by atoms with E-state index in [4.69, 9.17) is 14.5 Å². The molecule has 0 aliphatic carbocycles. The quantitative estimate of drug-likeness (QED) is 0.278. The van der Waals surface area contributed by atoms with Gasteiger partial charge in [0.15, 0.2) is 23.1 Å². The van der Waals surface area contributed by atoms with Crippen LogP contribution >= 0.6 is 0 Å². The molecule has 1 N–H and O–H groups in total. The van der Waals surface area contributed by atoms with Gasteiger partial charge in [-0.2, -0.15) is 0 Å². The van der Waals surface area contributed by atoms with Crippen molar-refractivity contribution >= 4 is 39.9 Å². The summed E-state index contributed by atoms with van der Waals surface area (Å²) in [5.41, 5.74) is 2.38. The number of pyridine rings is 2. The van der Waals surface area contributed by atoms with Crippen molar-refractivity contribution in [3.05, 3.63) is 79.0 Å². The first-order valence-corrected chi connectivity index (χ1v) is 15.2. The number of amides is 1. The molecule has 13 heteroatoms. The Morgan fingerprint density at radius 1 is 1.13 bits per heavy atom. The van der Waals surface area contributed by atoms with E-state index < -0.39 is 5.67 Å². The van der Waals surface area contributed by atoms with Gasteiger partial charge in [-0.25, -0.2) is 24.3 Å². The standard InChI is InChI=1S/C33H32FN9O3/c1-21-13-22(3-4-26(21)46-24-6-9-41-10-8-35-28(41)14-24)38-31-30-25(36-20-37-31)15-27-32(39-30)42-11-12-43(23(16-42)17-45-27)29(44)5-7-33(34)18-40(2)19-33/h3-10,13-15,20,23H,11-12,16-19H2,1-2H3,(H,36,37,38)/b7-5+. The minimum absolute atomic E-state index is 0.197. The number of nitrogens with one attached hydrogen (secondary N) is 1. The Bertz CT molecular complexity index is 2010. The number of ether oxygens (including phenoxy) is 2. The first-order valence-electron chi connectivity index (χ1n) is 15.2. The predicted octanol–water partition coefficient (Wildman–Crippen LogP) is 4.14. The maximum absolute atomic E-state index is 14.7. The Kier molecular flexibility index (Phi) is 6.71. The Morgan fingerprint density at radius 2 is 2.02 bits per heavy atom. The van der Waals surface area contributed by atoms with Gasteiger partial charge in [0.05, 0.1) is 11.6 Å². The van der Waals surface area contributed by atoms with Crippen LogP contribution in [-0.2, 0) is 4.79 Å². The molecule has 3 aliphatic rings. The Labute approximate surface area is 264 Å². The van der Waals surface area contributed by atoms with Crippen LogP contribution in [0.4, 0.5) is 21.7 Å². The molecule has 2 saturated heterocycles. The summed E-state index contributed by atoms with van der Waals surface area (Å²) in [7, 11) is 1.86. The van der Waals surface area contributed by atoms with Crippen LogP contribution < -0.4 is 19.7 Å². The van der Waals surface area contributed by atoms with Crippen LogP contribution in [0, 0.1) is 6.92 Å². The number of carbonyl (C=O) groups excluding carboxylic acids is 1. The van der Waals surface area contributed by atoms with Crippen molar-refractivity contribution in [2.45, 2.75) is 18.6 Å². The van der Waals surface area contributed by atoms with Crippen LogP contribution in [0.15, 0.2) is 73.5 Å². The monoisotopic (exact) mass is 621 g/mol. The van der Waals surface area contributed by atoms with Crippen molar-refractivity contribution in [2.24, 2.45) is 0 Å². The molecule has 1 aromatic carbocycles. The first kappa shape index (κ1) is 28.2. The summed E-state index contributed by atoms with van der Waals surface area (Å²) < 4.78 is 28.9. The number of hydrogen-bond acceptors (Lipinski definition) is 10. The number of nitrogens with zero attached hydrogens (tertiary/aromatic N) is 8. The zero-order chi connectivity index (χ0) is 31.4. The van der Waals surface area contributed by atoms with E-state index in [-0.39, 0.29) is 11.9 Å². The molecule has 4 aromatic heterocycles. The first-order chi connectivity index (χ1) is 22.3. The lowest BCUT2D eigenvalue weighted by Gasteiger charge is -2.41.